The number of hydrogen-bond acceptors (Lipinski definition) is 1. The molecule has 1 N–H and O–H groups in total. The van der Waals surface area contributed by atoms with E-state index in [9.17, 15) is 4.39 Å². The zero-order valence-electron chi connectivity index (χ0n) is 9.75. The maximum atomic E-state index is 13.9. The Morgan fingerprint density at radius 2 is 2.00 bits per heavy atom. The van der Waals surface area contributed by atoms with E-state index < -0.39 is 0 Å². The maximum Gasteiger partial charge on any atom is 0.129 e. The monoisotopic (exact) mass is 375 g/mol. The van der Waals surface area contributed by atoms with Gasteiger partial charge in [0.15, 0.2) is 0 Å². The van der Waals surface area contributed by atoms with Gasteiger partial charge in [-0.3, -0.25) is 0 Å². The quantitative estimate of drug-likeness (QED) is 0.785. The predicted octanol–water partition coefficient (Wildman–Crippen LogP) is 4.39. The third-order valence-corrected chi connectivity index (χ3v) is 3.65. The predicted molar refractivity (Wildman–Crippen MR) is 81.5 cm³/mol. The first-order valence-electron chi connectivity index (χ1n) is 5.49. The highest BCUT2D eigenvalue weighted by molar-refractivity contribution is 14.1. The van der Waals surface area contributed by atoms with Crippen LogP contribution in [0.15, 0.2) is 42.5 Å². The van der Waals surface area contributed by atoms with E-state index in [0.717, 1.165) is 9.13 Å². The van der Waals surface area contributed by atoms with Gasteiger partial charge in [-0.15, -0.1) is 0 Å². The second-order valence-corrected chi connectivity index (χ2v) is 5.62. The zero-order chi connectivity index (χ0) is 13.1. The number of rotatable bonds is 3. The van der Waals surface area contributed by atoms with Crippen LogP contribution in [0.4, 0.5) is 4.39 Å². The highest BCUT2D eigenvalue weighted by Crippen LogP contribution is 2.26. The minimum atomic E-state index is -0.291. The van der Waals surface area contributed by atoms with Crippen LogP contribution in [0, 0.1) is 9.39 Å². The van der Waals surface area contributed by atoms with Gasteiger partial charge in [0.05, 0.1) is 6.04 Å². The molecule has 2 aromatic rings. The van der Waals surface area contributed by atoms with Crippen molar-refractivity contribution in [3.8, 4) is 0 Å². The minimum absolute atomic E-state index is 0.169. The Kier molecular flexibility index (Phi) is 4.59. The summed E-state index contributed by atoms with van der Waals surface area (Å²) < 4.78 is 15.1. The lowest BCUT2D eigenvalue weighted by molar-refractivity contribution is 0.576. The molecule has 0 amide bonds. The molecule has 1 nitrogen and oxygen atoms in total. The first-order valence-corrected chi connectivity index (χ1v) is 6.95. The average Bonchev–Trinajstić information content (AvgIpc) is 2.33. The minimum Gasteiger partial charge on any atom is -0.309 e. The van der Waals surface area contributed by atoms with Crippen LogP contribution in [-0.2, 0) is 0 Å². The maximum absolute atomic E-state index is 13.9. The molecule has 0 fully saturated rings. The van der Waals surface area contributed by atoms with Gasteiger partial charge in [-0.05, 0) is 59.5 Å². The molecule has 94 valence electrons. The van der Waals surface area contributed by atoms with Crippen molar-refractivity contribution in [1.29, 1.82) is 0 Å². The molecule has 0 heterocycles. The Balaban J connectivity index is 2.45. The third kappa shape index (κ3) is 3.02. The fourth-order valence-corrected chi connectivity index (χ4v) is 2.65. The molecule has 2 aromatic carbocycles. The Morgan fingerprint density at radius 1 is 1.22 bits per heavy atom. The van der Waals surface area contributed by atoms with Crippen molar-refractivity contribution in [2.45, 2.75) is 6.04 Å². The van der Waals surface area contributed by atoms with Crippen molar-refractivity contribution in [1.82, 2.24) is 5.32 Å². The molecule has 0 saturated carbocycles. The second-order valence-electron chi connectivity index (χ2n) is 3.94. The van der Waals surface area contributed by atoms with Gasteiger partial charge in [-0.1, -0.05) is 29.8 Å². The lowest BCUT2D eigenvalue weighted by Crippen LogP contribution is -2.19. The highest BCUT2D eigenvalue weighted by atomic mass is 127. The van der Waals surface area contributed by atoms with E-state index in [2.05, 4.69) is 27.9 Å². The molecule has 0 aliphatic carbocycles. The topological polar surface area (TPSA) is 12.0 Å². The fraction of sp³-hybridized carbons (Fsp3) is 0.143. The van der Waals surface area contributed by atoms with Crippen molar-refractivity contribution < 1.29 is 4.39 Å². The van der Waals surface area contributed by atoms with Gasteiger partial charge in [-0.25, -0.2) is 4.39 Å². The molecule has 0 saturated heterocycles. The largest absolute Gasteiger partial charge is 0.309 e. The Bertz CT molecular complexity index is 559. The number of hydrogen-bond donors (Lipinski definition) is 1. The van der Waals surface area contributed by atoms with Gasteiger partial charge >= 0.3 is 0 Å². The van der Waals surface area contributed by atoms with E-state index in [1.165, 1.54) is 6.07 Å². The second kappa shape index (κ2) is 5.99. The Morgan fingerprint density at radius 3 is 2.61 bits per heavy atom. The zero-order valence-corrected chi connectivity index (χ0v) is 12.7. The van der Waals surface area contributed by atoms with Crippen molar-refractivity contribution in [3.63, 3.8) is 0 Å². The summed E-state index contributed by atoms with van der Waals surface area (Å²) in [5.41, 5.74) is 1.63. The summed E-state index contributed by atoms with van der Waals surface area (Å²) in [6.45, 7) is 0. The standard InChI is InChI=1S/C14H12ClFIN/c1-18-14(9-3-2-4-11(17)7-9)12-6-5-10(15)8-13(12)16/h2-8,14,18H,1H3. The first kappa shape index (κ1) is 13.8. The van der Waals surface area contributed by atoms with Crippen LogP contribution >= 0.6 is 34.2 Å². The molecule has 2 rings (SSSR count). The van der Waals surface area contributed by atoms with Crippen molar-refractivity contribution in [3.05, 3.63) is 68.0 Å². The summed E-state index contributed by atoms with van der Waals surface area (Å²) in [5, 5.41) is 3.55. The molecular weight excluding hydrogens is 364 g/mol. The summed E-state index contributed by atoms with van der Waals surface area (Å²) in [4.78, 5) is 0. The van der Waals surface area contributed by atoms with Crippen LogP contribution in [0.3, 0.4) is 0 Å². The Hall–Kier alpha value is -0.650. The first-order chi connectivity index (χ1) is 8.61. The van der Waals surface area contributed by atoms with Gasteiger partial charge in [0.1, 0.15) is 5.82 Å². The molecule has 0 bridgehead atoms. The average molecular weight is 376 g/mol. The van der Waals surface area contributed by atoms with Crippen LogP contribution in [0.1, 0.15) is 17.2 Å². The molecule has 0 aliphatic heterocycles. The number of halogens is 3. The SMILES string of the molecule is CNC(c1cccc(I)c1)c1ccc(Cl)cc1F. The van der Waals surface area contributed by atoms with Gasteiger partial charge in [0.2, 0.25) is 0 Å². The normalized spacial score (nSPS) is 12.4. The van der Waals surface area contributed by atoms with Crippen molar-refractivity contribution >= 4 is 34.2 Å². The molecule has 0 aliphatic rings. The molecular formula is C14H12ClFIN. The lowest BCUT2D eigenvalue weighted by atomic mass is 9.98. The van der Waals surface area contributed by atoms with Crippen molar-refractivity contribution in [2.24, 2.45) is 0 Å². The van der Waals surface area contributed by atoms with Crippen LogP contribution in [0.2, 0.25) is 5.02 Å². The lowest BCUT2D eigenvalue weighted by Gasteiger charge is -2.18. The molecule has 0 radical (unpaired) electrons. The van der Waals surface area contributed by atoms with Gasteiger partial charge < -0.3 is 5.32 Å². The van der Waals surface area contributed by atoms with E-state index in [1.54, 1.807) is 12.1 Å². The fourth-order valence-electron chi connectivity index (χ4n) is 1.92. The molecule has 1 atom stereocenters. The van der Waals surface area contributed by atoms with Crippen LogP contribution in [0.25, 0.3) is 0 Å². The third-order valence-electron chi connectivity index (χ3n) is 2.74. The van der Waals surface area contributed by atoms with Crippen LogP contribution in [0.5, 0.6) is 0 Å². The Labute approximate surface area is 124 Å². The molecule has 4 heteroatoms. The van der Waals surface area contributed by atoms with E-state index in [1.807, 2.05) is 31.3 Å². The van der Waals surface area contributed by atoms with E-state index >= 15 is 0 Å². The van der Waals surface area contributed by atoms with Gasteiger partial charge in [0.25, 0.3) is 0 Å². The van der Waals surface area contributed by atoms with E-state index in [0.29, 0.717) is 10.6 Å². The number of nitrogens with one attached hydrogen (secondary N) is 1. The summed E-state index contributed by atoms with van der Waals surface area (Å²) in [6, 6.07) is 12.6. The summed E-state index contributed by atoms with van der Waals surface area (Å²) in [6.07, 6.45) is 0. The highest BCUT2D eigenvalue weighted by Gasteiger charge is 2.16. The van der Waals surface area contributed by atoms with E-state index in [-0.39, 0.29) is 11.9 Å². The number of benzene rings is 2. The van der Waals surface area contributed by atoms with Crippen LogP contribution in [-0.4, -0.2) is 7.05 Å². The molecule has 1 unspecified atom stereocenters. The van der Waals surface area contributed by atoms with Crippen molar-refractivity contribution in [2.75, 3.05) is 7.05 Å². The molecule has 0 spiro atoms. The molecule has 0 aromatic heterocycles. The van der Waals surface area contributed by atoms with E-state index in [4.69, 9.17) is 11.6 Å². The smallest absolute Gasteiger partial charge is 0.129 e. The summed E-state index contributed by atoms with van der Waals surface area (Å²) >= 11 is 8.02. The van der Waals surface area contributed by atoms with Gasteiger partial charge in [-0.2, -0.15) is 0 Å². The van der Waals surface area contributed by atoms with Crippen LogP contribution < -0.4 is 5.32 Å². The van der Waals surface area contributed by atoms with Gasteiger partial charge in [0, 0.05) is 14.2 Å². The summed E-state index contributed by atoms with van der Waals surface area (Å²) in [7, 11) is 1.82. The summed E-state index contributed by atoms with van der Waals surface area (Å²) in [5.74, 6) is -0.291. The molecule has 18 heavy (non-hydrogen) atoms.